The van der Waals surface area contributed by atoms with Crippen LogP contribution in [0, 0.1) is 0 Å². The number of hydrogen-bond acceptors (Lipinski definition) is 4. The summed E-state index contributed by atoms with van der Waals surface area (Å²) in [6.07, 6.45) is 5.55. The lowest BCUT2D eigenvalue weighted by molar-refractivity contribution is -0.141. The number of ether oxygens (including phenoxy) is 2. The Balaban J connectivity index is 1.58. The molecule has 4 rings (SSSR count). The van der Waals surface area contributed by atoms with Gasteiger partial charge < -0.3 is 19.7 Å². The third kappa shape index (κ3) is 8.35. The summed E-state index contributed by atoms with van der Waals surface area (Å²) in [5.74, 6) is 1.28. The predicted octanol–water partition coefficient (Wildman–Crippen LogP) is 6.12. The van der Waals surface area contributed by atoms with Crippen molar-refractivity contribution in [1.29, 1.82) is 0 Å². The SMILES string of the molecule is CCOc1ccc(CCC(=O)N(Cc2ccccc2)C(Cc2ccccc2)C(=O)NC2CCCC2)cc1OCC. The summed E-state index contributed by atoms with van der Waals surface area (Å²) in [4.78, 5) is 29.5. The van der Waals surface area contributed by atoms with Crippen LogP contribution in [0.4, 0.5) is 0 Å². The highest BCUT2D eigenvalue weighted by atomic mass is 16.5. The van der Waals surface area contributed by atoms with Crippen molar-refractivity contribution in [2.24, 2.45) is 0 Å². The van der Waals surface area contributed by atoms with E-state index in [1.165, 1.54) is 0 Å². The highest BCUT2D eigenvalue weighted by Crippen LogP contribution is 2.29. The summed E-state index contributed by atoms with van der Waals surface area (Å²) in [7, 11) is 0. The number of amides is 2. The molecule has 6 nitrogen and oxygen atoms in total. The highest BCUT2D eigenvalue weighted by Gasteiger charge is 2.32. The molecule has 1 aliphatic rings. The van der Waals surface area contributed by atoms with E-state index in [0.717, 1.165) is 42.4 Å². The molecule has 3 aromatic carbocycles. The van der Waals surface area contributed by atoms with E-state index >= 15 is 0 Å². The van der Waals surface area contributed by atoms with Crippen molar-refractivity contribution in [1.82, 2.24) is 10.2 Å². The maximum absolute atomic E-state index is 14.0. The van der Waals surface area contributed by atoms with Crippen LogP contribution >= 0.6 is 0 Å². The molecular formula is C34H42N2O4. The molecule has 1 fully saturated rings. The molecule has 2 amide bonds. The van der Waals surface area contributed by atoms with Gasteiger partial charge in [-0.05, 0) is 61.9 Å². The fourth-order valence-corrected chi connectivity index (χ4v) is 5.35. The Morgan fingerprint density at radius 3 is 2.10 bits per heavy atom. The second-order valence-corrected chi connectivity index (χ2v) is 10.3. The lowest BCUT2D eigenvalue weighted by atomic mass is 10.0. The second-order valence-electron chi connectivity index (χ2n) is 10.3. The first kappa shape index (κ1) is 29.2. The molecule has 1 N–H and O–H groups in total. The van der Waals surface area contributed by atoms with Gasteiger partial charge in [-0.3, -0.25) is 9.59 Å². The van der Waals surface area contributed by atoms with Gasteiger partial charge in [-0.1, -0.05) is 79.6 Å². The molecular weight excluding hydrogens is 500 g/mol. The number of nitrogens with zero attached hydrogens (tertiary/aromatic N) is 1. The van der Waals surface area contributed by atoms with Crippen LogP contribution in [-0.2, 0) is 29.0 Å². The van der Waals surface area contributed by atoms with Crippen LogP contribution < -0.4 is 14.8 Å². The largest absolute Gasteiger partial charge is 0.490 e. The second kappa shape index (κ2) is 15.1. The van der Waals surface area contributed by atoms with Crippen molar-refractivity contribution in [3.8, 4) is 11.5 Å². The number of carbonyl (C=O) groups is 2. The molecule has 0 aliphatic heterocycles. The minimum atomic E-state index is -0.602. The molecule has 1 unspecified atom stereocenters. The van der Waals surface area contributed by atoms with Crippen molar-refractivity contribution in [2.75, 3.05) is 13.2 Å². The van der Waals surface area contributed by atoms with Crippen LogP contribution in [0.2, 0.25) is 0 Å². The van der Waals surface area contributed by atoms with Crippen molar-refractivity contribution in [2.45, 2.75) is 77.4 Å². The van der Waals surface area contributed by atoms with Crippen molar-refractivity contribution >= 4 is 11.8 Å². The van der Waals surface area contributed by atoms with Gasteiger partial charge in [0.15, 0.2) is 11.5 Å². The zero-order valence-corrected chi connectivity index (χ0v) is 23.8. The first-order valence-electron chi connectivity index (χ1n) is 14.6. The Kier molecular flexibility index (Phi) is 11.0. The predicted molar refractivity (Wildman–Crippen MR) is 158 cm³/mol. The minimum Gasteiger partial charge on any atom is -0.490 e. The lowest BCUT2D eigenvalue weighted by Gasteiger charge is -2.32. The van der Waals surface area contributed by atoms with Crippen LogP contribution in [0.15, 0.2) is 78.9 Å². The molecule has 40 heavy (non-hydrogen) atoms. The maximum atomic E-state index is 14.0. The van der Waals surface area contributed by atoms with Gasteiger partial charge in [0.05, 0.1) is 13.2 Å². The first-order chi connectivity index (χ1) is 19.6. The average Bonchev–Trinajstić information content (AvgIpc) is 3.49. The number of nitrogens with one attached hydrogen (secondary N) is 1. The molecule has 6 heteroatoms. The summed E-state index contributed by atoms with van der Waals surface area (Å²) < 4.78 is 11.5. The van der Waals surface area contributed by atoms with Crippen molar-refractivity contribution < 1.29 is 19.1 Å². The van der Waals surface area contributed by atoms with Crippen LogP contribution in [0.3, 0.4) is 0 Å². The maximum Gasteiger partial charge on any atom is 0.243 e. The van der Waals surface area contributed by atoms with E-state index < -0.39 is 6.04 Å². The smallest absolute Gasteiger partial charge is 0.243 e. The molecule has 0 saturated heterocycles. The molecule has 0 radical (unpaired) electrons. The molecule has 3 aromatic rings. The molecule has 1 aliphatic carbocycles. The van der Waals surface area contributed by atoms with Crippen LogP contribution in [-0.4, -0.2) is 42.0 Å². The van der Waals surface area contributed by atoms with E-state index in [9.17, 15) is 9.59 Å². The van der Waals surface area contributed by atoms with Gasteiger partial charge in [0.25, 0.3) is 0 Å². The number of hydrogen-bond donors (Lipinski definition) is 1. The normalized spacial score (nSPS) is 13.9. The summed E-state index contributed by atoms with van der Waals surface area (Å²) in [6, 6.07) is 25.3. The fourth-order valence-electron chi connectivity index (χ4n) is 5.35. The van der Waals surface area contributed by atoms with E-state index in [2.05, 4.69) is 5.32 Å². The van der Waals surface area contributed by atoms with E-state index in [1.807, 2.05) is 92.7 Å². The van der Waals surface area contributed by atoms with Gasteiger partial charge in [0, 0.05) is 25.4 Å². The van der Waals surface area contributed by atoms with Gasteiger partial charge in [-0.25, -0.2) is 0 Å². The van der Waals surface area contributed by atoms with E-state index in [-0.39, 0.29) is 24.3 Å². The third-order valence-corrected chi connectivity index (χ3v) is 7.40. The molecule has 0 heterocycles. The molecule has 212 valence electrons. The third-order valence-electron chi connectivity index (χ3n) is 7.40. The molecule has 0 bridgehead atoms. The Bertz CT molecular complexity index is 1210. The zero-order chi connectivity index (χ0) is 28.2. The standard InChI is InChI=1S/C34H42N2O4/c1-3-39-31-21-19-27(24-32(31)40-4-2)20-22-33(37)36(25-28-15-9-6-10-16-28)30(23-26-13-7-5-8-14-26)34(38)35-29-17-11-12-18-29/h5-10,13-16,19,21,24,29-30H,3-4,11-12,17-18,20,22-23,25H2,1-2H3,(H,35,38). The number of aryl methyl sites for hydroxylation is 1. The van der Waals surface area contributed by atoms with E-state index in [1.54, 1.807) is 4.90 Å². The van der Waals surface area contributed by atoms with Crippen molar-refractivity contribution in [3.63, 3.8) is 0 Å². The number of benzene rings is 3. The van der Waals surface area contributed by atoms with Gasteiger partial charge in [0.2, 0.25) is 11.8 Å². The molecule has 0 aromatic heterocycles. The minimum absolute atomic E-state index is 0.0433. The van der Waals surface area contributed by atoms with Gasteiger partial charge in [0.1, 0.15) is 6.04 Å². The summed E-state index contributed by atoms with van der Waals surface area (Å²) in [5, 5.41) is 3.27. The van der Waals surface area contributed by atoms with Gasteiger partial charge >= 0.3 is 0 Å². The molecule has 1 atom stereocenters. The Morgan fingerprint density at radius 2 is 1.45 bits per heavy atom. The van der Waals surface area contributed by atoms with E-state index in [4.69, 9.17) is 9.47 Å². The number of rotatable bonds is 14. The van der Waals surface area contributed by atoms with Crippen LogP contribution in [0.25, 0.3) is 0 Å². The monoisotopic (exact) mass is 542 g/mol. The fraction of sp³-hybridized carbons (Fsp3) is 0.412. The summed E-state index contributed by atoms with van der Waals surface area (Å²) >= 11 is 0. The summed E-state index contributed by atoms with van der Waals surface area (Å²) in [6.45, 7) is 5.35. The van der Waals surface area contributed by atoms with Gasteiger partial charge in [-0.2, -0.15) is 0 Å². The first-order valence-corrected chi connectivity index (χ1v) is 14.6. The summed E-state index contributed by atoms with van der Waals surface area (Å²) in [5.41, 5.74) is 3.03. The van der Waals surface area contributed by atoms with Gasteiger partial charge in [-0.15, -0.1) is 0 Å². The Morgan fingerprint density at radius 1 is 0.825 bits per heavy atom. The van der Waals surface area contributed by atoms with Crippen LogP contribution in [0.1, 0.15) is 62.6 Å². The quantitative estimate of drug-likeness (QED) is 0.267. The Labute approximate surface area is 238 Å². The lowest BCUT2D eigenvalue weighted by Crippen LogP contribution is -2.52. The van der Waals surface area contributed by atoms with Crippen LogP contribution in [0.5, 0.6) is 11.5 Å². The highest BCUT2D eigenvalue weighted by molar-refractivity contribution is 5.88. The van der Waals surface area contributed by atoms with E-state index in [0.29, 0.717) is 44.1 Å². The molecule has 0 spiro atoms. The topological polar surface area (TPSA) is 67.9 Å². The van der Waals surface area contributed by atoms with Crippen molar-refractivity contribution in [3.05, 3.63) is 95.6 Å². The number of carbonyl (C=O) groups excluding carboxylic acids is 2. The molecule has 1 saturated carbocycles. The zero-order valence-electron chi connectivity index (χ0n) is 23.8. The Hall–Kier alpha value is -3.80. The average molecular weight is 543 g/mol.